The Morgan fingerprint density at radius 3 is 2.59 bits per heavy atom. The highest BCUT2D eigenvalue weighted by atomic mass is 79.9. The Morgan fingerprint density at radius 2 is 1.88 bits per heavy atom. The van der Waals surface area contributed by atoms with E-state index in [1.165, 1.54) is 0 Å². The molecule has 2 rings (SSSR count). The molecule has 2 aromatic carbocycles. The summed E-state index contributed by atoms with van der Waals surface area (Å²) in [5.74, 6) is 0.168. The topological polar surface area (TPSA) is 17.1 Å². The largest absolute Gasteiger partial charge is 0.294 e. The third-order valence-corrected chi connectivity index (χ3v) is 3.19. The Labute approximate surface area is 110 Å². The zero-order valence-electron chi connectivity index (χ0n) is 9.61. The van der Waals surface area contributed by atoms with Crippen molar-refractivity contribution in [3.8, 4) is 0 Å². The van der Waals surface area contributed by atoms with E-state index >= 15 is 0 Å². The van der Waals surface area contributed by atoms with Crippen molar-refractivity contribution in [3.63, 3.8) is 0 Å². The summed E-state index contributed by atoms with van der Waals surface area (Å²) in [6.45, 7) is 1.97. The molecule has 17 heavy (non-hydrogen) atoms. The molecule has 1 nitrogen and oxygen atoms in total. The summed E-state index contributed by atoms with van der Waals surface area (Å²) in [7, 11) is 0. The summed E-state index contributed by atoms with van der Waals surface area (Å²) in [5.41, 5.74) is 2.88. The summed E-state index contributed by atoms with van der Waals surface area (Å²) >= 11 is 3.41. The van der Waals surface area contributed by atoms with E-state index in [1.807, 2.05) is 55.5 Å². The van der Waals surface area contributed by atoms with Crippen molar-refractivity contribution in [3.05, 3.63) is 69.7 Å². The number of ketones is 1. The quantitative estimate of drug-likeness (QED) is 0.775. The number of aryl methyl sites for hydroxylation is 1. The van der Waals surface area contributed by atoms with Gasteiger partial charge in [-0.05, 0) is 30.2 Å². The van der Waals surface area contributed by atoms with E-state index in [0.717, 1.165) is 21.2 Å². The van der Waals surface area contributed by atoms with Crippen LogP contribution in [0.1, 0.15) is 21.5 Å². The van der Waals surface area contributed by atoms with Gasteiger partial charge in [0, 0.05) is 16.5 Å². The van der Waals surface area contributed by atoms with Crippen molar-refractivity contribution in [1.29, 1.82) is 0 Å². The van der Waals surface area contributed by atoms with Crippen LogP contribution < -0.4 is 0 Å². The second-order valence-corrected chi connectivity index (χ2v) is 4.96. The minimum atomic E-state index is 0.168. The molecule has 0 aromatic heterocycles. The van der Waals surface area contributed by atoms with E-state index in [-0.39, 0.29) is 5.78 Å². The van der Waals surface area contributed by atoms with Crippen molar-refractivity contribution in [2.75, 3.05) is 0 Å². The molecule has 86 valence electrons. The summed E-state index contributed by atoms with van der Waals surface area (Å²) in [6.07, 6.45) is 0.449. The molecule has 0 unspecified atom stereocenters. The Bertz CT molecular complexity index is 546. The first-order chi connectivity index (χ1) is 8.16. The second kappa shape index (κ2) is 5.28. The van der Waals surface area contributed by atoms with Crippen LogP contribution in [-0.2, 0) is 6.42 Å². The highest BCUT2D eigenvalue weighted by Gasteiger charge is 2.09. The van der Waals surface area contributed by atoms with E-state index in [2.05, 4.69) is 15.9 Å². The number of benzene rings is 2. The van der Waals surface area contributed by atoms with Crippen LogP contribution in [0.5, 0.6) is 0 Å². The van der Waals surface area contributed by atoms with Crippen LogP contribution in [0, 0.1) is 6.92 Å². The summed E-state index contributed by atoms with van der Waals surface area (Å²) in [6, 6.07) is 15.6. The molecule has 2 heteroatoms. The highest BCUT2D eigenvalue weighted by Crippen LogP contribution is 2.15. The third kappa shape index (κ3) is 3.04. The van der Waals surface area contributed by atoms with E-state index in [1.54, 1.807) is 0 Å². The molecule has 0 amide bonds. The standard InChI is InChI=1S/C15H13BrO/c1-11-5-2-3-8-14(11)15(17)10-12-6-4-7-13(16)9-12/h2-9H,10H2,1H3. The van der Waals surface area contributed by atoms with Crippen molar-refractivity contribution < 1.29 is 4.79 Å². The first kappa shape index (κ1) is 12.1. The van der Waals surface area contributed by atoms with Crippen molar-refractivity contribution in [2.45, 2.75) is 13.3 Å². The van der Waals surface area contributed by atoms with E-state index in [0.29, 0.717) is 6.42 Å². The van der Waals surface area contributed by atoms with Crippen LogP contribution in [-0.4, -0.2) is 5.78 Å². The van der Waals surface area contributed by atoms with Crippen LogP contribution in [0.15, 0.2) is 53.0 Å². The van der Waals surface area contributed by atoms with Crippen molar-refractivity contribution in [2.24, 2.45) is 0 Å². The molecule has 0 aliphatic rings. The average molecular weight is 289 g/mol. The lowest BCUT2D eigenvalue weighted by molar-refractivity contribution is 0.0992. The lowest BCUT2D eigenvalue weighted by Gasteiger charge is -2.05. The Kier molecular flexibility index (Phi) is 3.75. The fraction of sp³-hybridized carbons (Fsp3) is 0.133. The number of halogens is 1. The Morgan fingerprint density at radius 1 is 1.12 bits per heavy atom. The molecule has 0 spiro atoms. The molecule has 0 atom stereocenters. The van der Waals surface area contributed by atoms with Gasteiger partial charge in [-0.2, -0.15) is 0 Å². The van der Waals surface area contributed by atoms with E-state index < -0.39 is 0 Å². The molecule has 0 aliphatic heterocycles. The first-order valence-electron chi connectivity index (χ1n) is 5.50. The molecular formula is C15H13BrO. The number of hydrogen-bond donors (Lipinski definition) is 0. The molecular weight excluding hydrogens is 276 g/mol. The molecule has 0 heterocycles. The first-order valence-corrected chi connectivity index (χ1v) is 6.29. The predicted octanol–water partition coefficient (Wildman–Crippen LogP) is 4.18. The van der Waals surface area contributed by atoms with E-state index in [9.17, 15) is 4.79 Å². The van der Waals surface area contributed by atoms with Crippen LogP contribution in [0.25, 0.3) is 0 Å². The van der Waals surface area contributed by atoms with Crippen LogP contribution in [0.2, 0.25) is 0 Å². The van der Waals surface area contributed by atoms with Crippen LogP contribution in [0.4, 0.5) is 0 Å². The summed E-state index contributed by atoms with van der Waals surface area (Å²) in [5, 5.41) is 0. The summed E-state index contributed by atoms with van der Waals surface area (Å²) in [4.78, 5) is 12.1. The van der Waals surface area contributed by atoms with Gasteiger partial charge in [0.25, 0.3) is 0 Å². The molecule has 0 bridgehead atoms. The van der Waals surface area contributed by atoms with Gasteiger partial charge in [0.1, 0.15) is 0 Å². The van der Waals surface area contributed by atoms with Crippen molar-refractivity contribution >= 4 is 21.7 Å². The van der Waals surface area contributed by atoms with Gasteiger partial charge in [0.05, 0.1) is 0 Å². The zero-order valence-corrected chi connectivity index (χ0v) is 11.2. The van der Waals surface area contributed by atoms with Gasteiger partial charge in [-0.25, -0.2) is 0 Å². The Hall–Kier alpha value is -1.41. The molecule has 0 saturated carbocycles. The molecule has 0 radical (unpaired) electrons. The fourth-order valence-corrected chi connectivity index (χ4v) is 2.26. The number of hydrogen-bond acceptors (Lipinski definition) is 1. The molecule has 0 saturated heterocycles. The maximum Gasteiger partial charge on any atom is 0.167 e. The minimum Gasteiger partial charge on any atom is -0.294 e. The second-order valence-electron chi connectivity index (χ2n) is 4.04. The van der Waals surface area contributed by atoms with Gasteiger partial charge in [-0.15, -0.1) is 0 Å². The fourth-order valence-electron chi connectivity index (χ4n) is 1.81. The lowest BCUT2D eigenvalue weighted by atomic mass is 9.99. The molecule has 0 fully saturated rings. The molecule has 0 N–H and O–H groups in total. The number of carbonyl (C=O) groups is 1. The number of carbonyl (C=O) groups excluding carboxylic acids is 1. The van der Waals surface area contributed by atoms with Crippen LogP contribution >= 0.6 is 15.9 Å². The maximum absolute atomic E-state index is 12.1. The molecule has 0 aliphatic carbocycles. The van der Waals surface area contributed by atoms with Gasteiger partial charge < -0.3 is 0 Å². The zero-order chi connectivity index (χ0) is 12.3. The van der Waals surface area contributed by atoms with E-state index in [4.69, 9.17) is 0 Å². The van der Waals surface area contributed by atoms with Gasteiger partial charge in [-0.1, -0.05) is 52.3 Å². The SMILES string of the molecule is Cc1ccccc1C(=O)Cc1cccc(Br)c1. The average Bonchev–Trinajstić information content (AvgIpc) is 2.29. The smallest absolute Gasteiger partial charge is 0.167 e. The third-order valence-electron chi connectivity index (χ3n) is 2.70. The highest BCUT2D eigenvalue weighted by molar-refractivity contribution is 9.10. The molecule has 2 aromatic rings. The summed E-state index contributed by atoms with van der Waals surface area (Å²) < 4.78 is 1.01. The monoisotopic (exact) mass is 288 g/mol. The minimum absolute atomic E-state index is 0.168. The number of rotatable bonds is 3. The van der Waals surface area contributed by atoms with Gasteiger partial charge >= 0.3 is 0 Å². The maximum atomic E-state index is 12.1. The normalized spacial score (nSPS) is 10.2. The van der Waals surface area contributed by atoms with Crippen LogP contribution in [0.3, 0.4) is 0 Å². The van der Waals surface area contributed by atoms with Gasteiger partial charge in [0.2, 0.25) is 0 Å². The van der Waals surface area contributed by atoms with Crippen molar-refractivity contribution in [1.82, 2.24) is 0 Å². The van der Waals surface area contributed by atoms with Gasteiger partial charge in [-0.3, -0.25) is 4.79 Å². The Balaban J connectivity index is 2.20. The number of Topliss-reactive ketones (excluding diaryl/α,β-unsaturated/α-hetero) is 1. The predicted molar refractivity (Wildman–Crippen MR) is 73.4 cm³/mol. The van der Waals surface area contributed by atoms with Gasteiger partial charge in [0.15, 0.2) is 5.78 Å². The lowest BCUT2D eigenvalue weighted by Crippen LogP contribution is -2.05.